The molecule has 66 heavy (non-hydrogen) atoms. The van der Waals surface area contributed by atoms with E-state index in [0.717, 1.165) is 70.0 Å². The first-order valence-corrected chi connectivity index (χ1v) is 18.9. The summed E-state index contributed by atoms with van der Waals surface area (Å²) >= 11 is 0. The Bertz CT molecular complexity index is 1940. The molecule has 3 aromatic carbocycles. The van der Waals surface area contributed by atoms with E-state index >= 15 is 0 Å². The fourth-order valence-electron chi connectivity index (χ4n) is 5.48. The van der Waals surface area contributed by atoms with E-state index < -0.39 is 48.6 Å². The minimum absolute atomic E-state index is 0.0251. The largest absolute Gasteiger partial charge is 0.490 e. The number of halogens is 12. The molecule has 0 bridgehead atoms. The minimum atomic E-state index is -5.08. The molecule has 1 unspecified atom stereocenters. The van der Waals surface area contributed by atoms with E-state index in [4.69, 9.17) is 39.6 Å². The number of hydrogen-bond acceptors (Lipinski definition) is 9. The highest BCUT2D eigenvalue weighted by molar-refractivity contribution is 5.94. The molecular formula is C40H45F12N5O9. The normalized spacial score (nSPS) is 15.9. The number of piperazine rings is 2. The predicted molar refractivity (Wildman–Crippen MR) is 210 cm³/mol. The number of nitrogens with one attached hydrogen (secondary N) is 2. The van der Waals surface area contributed by atoms with Gasteiger partial charge in [0.1, 0.15) is 0 Å². The molecule has 26 heteroatoms. The average Bonchev–Trinajstić information content (AvgIpc) is 3.21. The van der Waals surface area contributed by atoms with Crippen LogP contribution >= 0.6 is 0 Å². The van der Waals surface area contributed by atoms with Crippen LogP contribution in [0.15, 0.2) is 72.8 Å². The summed E-state index contributed by atoms with van der Waals surface area (Å²) in [4.78, 5) is 55.9. The summed E-state index contributed by atoms with van der Waals surface area (Å²) in [6, 6.07) is 26.0. The van der Waals surface area contributed by atoms with Crippen molar-refractivity contribution in [3.63, 3.8) is 0 Å². The Labute approximate surface area is 368 Å². The van der Waals surface area contributed by atoms with Gasteiger partial charge in [-0.25, -0.2) is 19.2 Å². The van der Waals surface area contributed by atoms with Gasteiger partial charge in [-0.1, -0.05) is 48.5 Å². The van der Waals surface area contributed by atoms with Crippen molar-refractivity contribution in [1.82, 2.24) is 25.3 Å². The topological polar surface area (TPSA) is 200 Å². The number of benzene rings is 3. The molecular weight excluding hydrogens is 922 g/mol. The van der Waals surface area contributed by atoms with Crippen molar-refractivity contribution in [3.8, 4) is 11.1 Å². The van der Waals surface area contributed by atoms with Crippen LogP contribution in [0.1, 0.15) is 34.0 Å². The van der Waals surface area contributed by atoms with Gasteiger partial charge in [0.15, 0.2) is 0 Å². The Balaban J connectivity index is 0.000000629. The highest BCUT2D eigenvalue weighted by Gasteiger charge is 2.40. The Morgan fingerprint density at radius 1 is 0.576 bits per heavy atom. The fraction of sp³-hybridized carbons (Fsp3) is 0.425. The number of hydrogen-bond donors (Lipinski definition) is 6. The van der Waals surface area contributed by atoms with Crippen molar-refractivity contribution >= 4 is 29.8 Å². The molecule has 14 nitrogen and oxygen atoms in total. The van der Waals surface area contributed by atoms with E-state index in [1.54, 1.807) is 0 Å². The maximum atomic E-state index is 13.0. The lowest BCUT2D eigenvalue weighted by Crippen LogP contribution is -2.48. The average molecular weight is 968 g/mol. The van der Waals surface area contributed by atoms with Crippen molar-refractivity contribution in [2.75, 3.05) is 52.9 Å². The van der Waals surface area contributed by atoms with Crippen LogP contribution in [0.4, 0.5) is 52.7 Å². The summed E-state index contributed by atoms with van der Waals surface area (Å²) in [6.07, 6.45) is -20.3. The van der Waals surface area contributed by atoms with Crippen LogP contribution in [0.2, 0.25) is 0 Å². The maximum Gasteiger partial charge on any atom is 0.490 e. The summed E-state index contributed by atoms with van der Waals surface area (Å²) in [5.41, 5.74) is 6.76. The summed E-state index contributed by atoms with van der Waals surface area (Å²) < 4.78 is 127. The zero-order valence-electron chi connectivity index (χ0n) is 34.8. The van der Waals surface area contributed by atoms with Gasteiger partial charge in [-0.2, -0.15) is 52.7 Å². The van der Waals surface area contributed by atoms with Crippen LogP contribution in [0, 0.1) is 0 Å². The van der Waals surface area contributed by atoms with E-state index in [2.05, 4.69) is 93.9 Å². The van der Waals surface area contributed by atoms with Crippen molar-refractivity contribution in [2.45, 2.75) is 57.3 Å². The van der Waals surface area contributed by atoms with Gasteiger partial charge in [-0.15, -0.1) is 0 Å². The fourth-order valence-corrected chi connectivity index (χ4v) is 5.48. The number of alkyl halides is 12. The van der Waals surface area contributed by atoms with Crippen LogP contribution < -0.4 is 10.6 Å². The third-order valence-electron chi connectivity index (χ3n) is 8.66. The molecule has 5 rings (SSSR count). The van der Waals surface area contributed by atoms with Gasteiger partial charge in [-0.3, -0.25) is 14.6 Å². The number of carboxylic acids is 4. The number of carbonyl (C=O) groups excluding carboxylic acids is 1. The molecule has 2 fully saturated rings. The summed E-state index contributed by atoms with van der Waals surface area (Å²) in [7, 11) is 2.17. The van der Waals surface area contributed by atoms with Crippen molar-refractivity contribution in [1.29, 1.82) is 0 Å². The Kier molecular flexibility index (Phi) is 23.1. The molecule has 0 aromatic heterocycles. The number of amides is 1. The maximum absolute atomic E-state index is 13.0. The second-order valence-corrected chi connectivity index (χ2v) is 14.2. The number of carbonyl (C=O) groups is 5. The SMILES string of the molecule is CC1CN(Cc2cccc(-c3cccc(CNC(=O)c4cccc(CN5CCN(C)CC5)c4)c3)c2)CCN1.O=C(O)C(F)(F)F.O=C(O)C(F)(F)F.O=C(O)C(F)(F)F.O=C(O)C(F)(F)F. The Morgan fingerprint density at radius 2 is 0.955 bits per heavy atom. The lowest BCUT2D eigenvalue weighted by molar-refractivity contribution is -0.193. The molecule has 3 aromatic rings. The van der Waals surface area contributed by atoms with E-state index in [1.165, 1.54) is 22.3 Å². The molecule has 0 saturated carbocycles. The van der Waals surface area contributed by atoms with Gasteiger partial charge in [0.2, 0.25) is 0 Å². The molecule has 368 valence electrons. The number of aliphatic carboxylic acids is 4. The highest BCUT2D eigenvalue weighted by Crippen LogP contribution is 2.23. The minimum Gasteiger partial charge on any atom is -0.475 e. The predicted octanol–water partition coefficient (Wildman–Crippen LogP) is 6.36. The molecule has 2 aliphatic heterocycles. The molecule has 1 amide bonds. The quantitative estimate of drug-likeness (QED) is 0.137. The van der Waals surface area contributed by atoms with Gasteiger partial charge >= 0.3 is 48.6 Å². The summed E-state index contributed by atoms with van der Waals surface area (Å²) in [5.74, 6) is -11.1. The molecule has 1 atom stereocenters. The molecule has 6 N–H and O–H groups in total. The van der Waals surface area contributed by atoms with Gasteiger partial charge < -0.3 is 36.0 Å². The zero-order valence-corrected chi connectivity index (χ0v) is 34.8. The van der Waals surface area contributed by atoms with Crippen LogP contribution in [0.25, 0.3) is 11.1 Å². The van der Waals surface area contributed by atoms with Crippen molar-refractivity contribution in [2.24, 2.45) is 0 Å². The molecule has 0 aliphatic carbocycles. The van der Waals surface area contributed by atoms with Crippen molar-refractivity contribution < 1.29 is 97.1 Å². The number of carboxylic acid groups (broad SMARTS) is 4. The molecule has 2 saturated heterocycles. The zero-order chi connectivity index (χ0) is 50.6. The van der Waals surface area contributed by atoms with E-state index in [9.17, 15) is 57.5 Å². The smallest absolute Gasteiger partial charge is 0.475 e. The third kappa shape index (κ3) is 23.8. The first-order chi connectivity index (χ1) is 30.3. The van der Waals surface area contributed by atoms with E-state index in [0.29, 0.717) is 12.6 Å². The Morgan fingerprint density at radius 3 is 1.38 bits per heavy atom. The van der Waals surface area contributed by atoms with Crippen molar-refractivity contribution in [3.05, 3.63) is 95.1 Å². The summed E-state index contributed by atoms with van der Waals surface area (Å²) in [5, 5.41) is 35.1. The second-order valence-electron chi connectivity index (χ2n) is 14.2. The summed E-state index contributed by atoms with van der Waals surface area (Å²) in [6.45, 7) is 12.2. The highest BCUT2D eigenvalue weighted by atomic mass is 19.4. The van der Waals surface area contributed by atoms with Crippen LogP contribution in [-0.2, 0) is 38.8 Å². The standard InChI is InChI=1S/C32H41N5O.4C2HF3O2/c1-25-22-37(13-12-33-25)24-27-7-4-10-30(19-27)29-9-3-6-26(18-29)21-34-32(38)31-11-5-8-28(20-31)23-36-16-14-35(2)15-17-36;4*3-2(4,5)1(6)7/h3-11,18-20,25,33H,12-17,21-24H2,1-2H3,(H,34,38);4*(H,6,7). The van der Waals surface area contributed by atoms with E-state index in [-0.39, 0.29) is 5.91 Å². The second kappa shape index (κ2) is 26.2. The monoisotopic (exact) mass is 967 g/mol. The van der Waals surface area contributed by atoms with Gasteiger partial charge in [0, 0.05) is 77.1 Å². The molecule has 2 aliphatic rings. The van der Waals surface area contributed by atoms with Gasteiger partial charge in [0.05, 0.1) is 0 Å². The Hall–Kier alpha value is -5.99. The van der Waals surface area contributed by atoms with E-state index in [1.807, 2.05) is 18.2 Å². The van der Waals surface area contributed by atoms with Crippen LogP contribution in [-0.4, -0.2) is 149 Å². The first kappa shape index (κ1) is 58.0. The van der Waals surface area contributed by atoms with Gasteiger partial charge in [-0.05, 0) is 66.1 Å². The number of likely N-dealkylation sites (N-methyl/N-ethyl adjacent to an activating group) is 1. The molecule has 2 heterocycles. The third-order valence-corrected chi connectivity index (χ3v) is 8.66. The number of nitrogens with zero attached hydrogens (tertiary/aromatic N) is 3. The lowest BCUT2D eigenvalue weighted by atomic mass is 10.0. The number of rotatable bonds is 8. The van der Waals surface area contributed by atoms with Gasteiger partial charge in [0.25, 0.3) is 5.91 Å². The molecule has 0 radical (unpaired) electrons. The van der Waals surface area contributed by atoms with Crippen LogP contribution in [0.3, 0.4) is 0 Å². The first-order valence-electron chi connectivity index (χ1n) is 18.9. The van der Waals surface area contributed by atoms with Crippen LogP contribution in [0.5, 0.6) is 0 Å². The molecule has 0 spiro atoms. The lowest BCUT2D eigenvalue weighted by Gasteiger charge is -2.32.